The molecule has 5 heteroatoms. The Labute approximate surface area is 109 Å². The molecule has 0 unspecified atom stereocenters. The van der Waals surface area contributed by atoms with Gasteiger partial charge in [-0.25, -0.2) is 9.98 Å². The second kappa shape index (κ2) is 5.10. The highest BCUT2D eigenvalue weighted by Gasteiger charge is 2.10. The summed E-state index contributed by atoms with van der Waals surface area (Å²) in [5.41, 5.74) is 8.39. The fourth-order valence-corrected chi connectivity index (χ4v) is 2.19. The Morgan fingerprint density at radius 2 is 1.94 bits per heavy atom. The lowest BCUT2D eigenvalue weighted by atomic mass is 10.2. The Morgan fingerprint density at radius 1 is 1.28 bits per heavy atom. The van der Waals surface area contributed by atoms with Gasteiger partial charge >= 0.3 is 0 Å². The molecule has 0 aliphatic carbocycles. The van der Waals surface area contributed by atoms with Gasteiger partial charge in [0, 0.05) is 22.3 Å². The zero-order valence-electron chi connectivity index (χ0n) is 10.2. The number of thiazole rings is 1. The van der Waals surface area contributed by atoms with Crippen molar-refractivity contribution in [3.8, 4) is 10.6 Å². The molecule has 0 saturated heterocycles. The molecule has 0 spiro atoms. The SMILES string of the molecule is CC(C)=NC(=O)c1csc(-c2ccc(N)cc2)n1. The maximum atomic E-state index is 11.7. The summed E-state index contributed by atoms with van der Waals surface area (Å²) in [7, 11) is 0. The molecule has 0 bridgehead atoms. The molecule has 1 aromatic carbocycles. The Kier molecular flexibility index (Phi) is 3.53. The molecule has 2 aromatic rings. The lowest BCUT2D eigenvalue weighted by Gasteiger charge is -1.96. The normalized spacial score (nSPS) is 10.1. The number of carbonyl (C=O) groups excluding carboxylic acids is 1. The molecule has 1 heterocycles. The van der Waals surface area contributed by atoms with E-state index in [1.54, 1.807) is 19.2 Å². The molecule has 92 valence electrons. The first-order chi connectivity index (χ1) is 8.56. The number of nitrogens with zero attached hydrogens (tertiary/aromatic N) is 2. The van der Waals surface area contributed by atoms with E-state index in [2.05, 4.69) is 9.98 Å². The van der Waals surface area contributed by atoms with Crippen LogP contribution in [0.4, 0.5) is 5.69 Å². The lowest BCUT2D eigenvalue weighted by molar-refractivity contribution is 0.0999. The van der Waals surface area contributed by atoms with Gasteiger partial charge in [0.1, 0.15) is 10.7 Å². The van der Waals surface area contributed by atoms with E-state index in [1.165, 1.54) is 11.3 Å². The molecule has 2 N–H and O–H groups in total. The molecule has 4 nitrogen and oxygen atoms in total. The maximum absolute atomic E-state index is 11.7. The van der Waals surface area contributed by atoms with E-state index in [0.717, 1.165) is 16.3 Å². The summed E-state index contributed by atoms with van der Waals surface area (Å²) in [6, 6.07) is 7.40. The van der Waals surface area contributed by atoms with Crippen LogP contribution in [0.2, 0.25) is 0 Å². The third-order valence-electron chi connectivity index (χ3n) is 2.21. The molecule has 0 aliphatic rings. The molecular weight excluding hydrogens is 246 g/mol. The van der Waals surface area contributed by atoms with Crippen molar-refractivity contribution in [1.29, 1.82) is 0 Å². The van der Waals surface area contributed by atoms with Crippen LogP contribution < -0.4 is 5.73 Å². The number of hydrogen-bond acceptors (Lipinski definition) is 4. The Bertz CT molecular complexity index is 595. The molecule has 1 aromatic heterocycles. The molecule has 0 atom stereocenters. The predicted octanol–water partition coefficient (Wildman–Crippen LogP) is 3.01. The number of aromatic nitrogens is 1. The topological polar surface area (TPSA) is 68.3 Å². The number of benzene rings is 1. The summed E-state index contributed by atoms with van der Waals surface area (Å²) in [5.74, 6) is -0.298. The van der Waals surface area contributed by atoms with Gasteiger partial charge in [-0.05, 0) is 38.1 Å². The molecule has 0 radical (unpaired) electrons. The van der Waals surface area contributed by atoms with E-state index in [4.69, 9.17) is 5.73 Å². The van der Waals surface area contributed by atoms with Crippen molar-refractivity contribution in [2.24, 2.45) is 4.99 Å². The number of aliphatic imine (C=N–C) groups is 1. The van der Waals surface area contributed by atoms with Crippen molar-refractivity contribution in [1.82, 2.24) is 4.98 Å². The molecule has 18 heavy (non-hydrogen) atoms. The first-order valence-corrected chi connectivity index (χ1v) is 6.32. The largest absolute Gasteiger partial charge is 0.399 e. The van der Waals surface area contributed by atoms with Gasteiger partial charge in [0.2, 0.25) is 0 Å². The molecule has 2 rings (SSSR count). The van der Waals surface area contributed by atoms with Crippen LogP contribution in [0.5, 0.6) is 0 Å². The van der Waals surface area contributed by atoms with E-state index < -0.39 is 0 Å². The summed E-state index contributed by atoms with van der Waals surface area (Å²) in [5, 5.41) is 2.52. The highest BCUT2D eigenvalue weighted by molar-refractivity contribution is 7.13. The van der Waals surface area contributed by atoms with Gasteiger partial charge in [0.15, 0.2) is 0 Å². The number of anilines is 1. The van der Waals surface area contributed by atoms with Crippen LogP contribution in [-0.2, 0) is 0 Å². The van der Waals surface area contributed by atoms with Gasteiger partial charge in [-0.2, -0.15) is 0 Å². The average molecular weight is 259 g/mol. The number of amides is 1. The third-order valence-corrected chi connectivity index (χ3v) is 3.10. The van der Waals surface area contributed by atoms with Gasteiger partial charge in [0.25, 0.3) is 5.91 Å². The first kappa shape index (κ1) is 12.4. The van der Waals surface area contributed by atoms with E-state index in [0.29, 0.717) is 11.4 Å². The van der Waals surface area contributed by atoms with Crippen molar-refractivity contribution < 1.29 is 4.79 Å². The zero-order valence-corrected chi connectivity index (χ0v) is 11.0. The van der Waals surface area contributed by atoms with Crippen molar-refractivity contribution in [3.05, 3.63) is 35.3 Å². The highest BCUT2D eigenvalue weighted by Crippen LogP contribution is 2.24. The second-order valence-electron chi connectivity index (χ2n) is 4.02. The number of nitrogen functional groups attached to an aromatic ring is 1. The summed E-state index contributed by atoms with van der Waals surface area (Å²) >= 11 is 1.42. The summed E-state index contributed by atoms with van der Waals surface area (Å²) in [4.78, 5) is 19.8. The van der Waals surface area contributed by atoms with Crippen LogP contribution in [0.25, 0.3) is 10.6 Å². The number of nitrogens with two attached hydrogens (primary N) is 1. The standard InChI is InChI=1S/C13H13N3OS/c1-8(2)15-12(17)11-7-18-13(16-11)9-3-5-10(14)6-4-9/h3-7H,14H2,1-2H3. The number of hydrogen-bond donors (Lipinski definition) is 1. The fourth-order valence-electron chi connectivity index (χ4n) is 1.39. The zero-order chi connectivity index (χ0) is 13.1. The van der Waals surface area contributed by atoms with Gasteiger partial charge in [-0.1, -0.05) is 0 Å². The van der Waals surface area contributed by atoms with Gasteiger partial charge in [0.05, 0.1) is 0 Å². The minimum Gasteiger partial charge on any atom is -0.399 e. The van der Waals surface area contributed by atoms with E-state index >= 15 is 0 Å². The van der Waals surface area contributed by atoms with E-state index in [1.807, 2.05) is 24.3 Å². The molecule has 0 fully saturated rings. The van der Waals surface area contributed by atoms with E-state index in [9.17, 15) is 4.79 Å². The Hall–Kier alpha value is -2.01. The van der Waals surface area contributed by atoms with Crippen LogP contribution in [0.15, 0.2) is 34.6 Å². The number of rotatable bonds is 2. The number of carbonyl (C=O) groups is 1. The van der Waals surface area contributed by atoms with Crippen molar-refractivity contribution in [2.75, 3.05) is 5.73 Å². The summed E-state index contributed by atoms with van der Waals surface area (Å²) in [6.45, 7) is 3.57. The first-order valence-electron chi connectivity index (χ1n) is 5.44. The molecule has 1 amide bonds. The molecular formula is C13H13N3OS. The van der Waals surface area contributed by atoms with Gasteiger partial charge < -0.3 is 5.73 Å². The third kappa shape index (κ3) is 2.81. The monoisotopic (exact) mass is 259 g/mol. The van der Waals surface area contributed by atoms with Crippen LogP contribution in [0.3, 0.4) is 0 Å². The van der Waals surface area contributed by atoms with E-state index in [-0.39, 0.29) is 5.91 Å². The average Bonchev–Trinajstić information content (AvgIpc) is 2.78. The summed E-state index contributed by atoms with van der Waals surface area (Å²) < 4.78 is 0. The molecule has 0 saturated carbocycles. The second-order valence-corrected chi connectivity index (χ2v) is 4.88. The predicted molar refractivity (Wildman–Crippen MR) is 75.1 cm³/mol. The lowest BCUT2D eigenvalue weighted by Crippen LogP contribution is -1.98. The quantitative estimate of drug-likeness (QED) is 0.665. The minimum absolute atomic E-state index is 0.298. The van der Waals surface area contributed by atoms with Gasteiger partial charge in [-0.3, -0.25) is 4.79 Å². The van der Waals surface area contributed by atoms with Crippen LogP contribution >= 0.6 is 11.3 Å². The van der Waals surface area contributed by atoms with Crippen molar-refractivity contribution in [3.63, 3.8) is 0 Å². The van der Waals surface area contributed by atoms with Crippen LogP contribution in [-0.4, -0.2) is 16.6 Å². The van der Waals surface area contributed by atoms with Crippen LogP contribution in [0, 0.1) is 0 Å². The van der Waals surface area contributed by atoms with Crippen LogP contribution in [0.1, 0.15) is 24.3 Å². The van der Waals surface area contributed by atoms with Crippen molar-refractivity contribution >= 4 is 28.6 Å². The van der Waals surface area contributed by atoms with Crippen molar-refractivity contribution in [2.45, 2.75) is 13.8 Å². The van der Waals surface area contributed by atoms with Gasteiger partial charge in [-0.15, -0.1) is 11.3 Å². The fraction of sp³-hybridized carbons (Fsp3) is 0.154. The smallest absolute Gasteiger partial charge is 0.296 e. The minimum atomic E-state index is -0.298. The highest BCUT2D eigenvalue weighted by atomic mass is 32.1. The summed E-state index contributed by atoms with van der Waals surface area (Å²) in [6.07, 6.45) is 0. The molecule has 0 aliphatic heterocycles. The Balaban J connectivity index is 2.28. The maximum Gasteiger partial charge on any atom is 0.296 e. The Morgan fingerprint density at radius 3 is 2.56 bits per heavy atom.